The second-order valence-electron chi connectivity index (χ2n) is 4.95. The zero-order valence-electron chi connectivity index (χ0n) is 14.3. The van der Waals surface area contributed by atoms with Crippen LogP contribution < -0.4 is 20.5 Å². The summed E-state index contributed by atoms with van der Waals surface area (Å²) in [6.07, 6.45) is -0.118. The van der Waals surface area contributed by atoms with Crippen LogP contribution in [0.3, 0.4) is 0 Å². The van der Waals surface area contributed by atoms with Crippen LogP contribution in [0.1, 0.15) is 6.42 Å². The summed E-state index contributed by atoms with van der Waals surface area (Å²) >= 11 is 1.34. The van der Waals surface area contributed by atoms with Crippen LogP contribution in [0.2, 0.25) is 0 Å². The molecule has 1 aromatic carbocycles. The molecule has 0 spiro atoms. The van der Waals surface area contributed by atoms with Crippen LogP contribution >= 0.6 is 23.7 Å². The first-order chi connectivity index (χ1) is 11.6. The van der Waals surface area contributed by atoms with Crippen LogP contribution in [0.25, 0.3) is 11.3 Å². The molecule has 3 N–H and O–H groups in total. The van der Waals surface area contributed by atoms with Crippen molar-refractivity contribution >= 4 is 34.8 Å². The van der Waals surface area contributed by atoms with Gasteiger partial charge in [0.05, 0.1) is 32.4 Å². The lowest BCUT2D eigenvalue weighted by Crippen LogP contribution is -2.28. The number of methoxy groups -OCH3 is 3. The van der Waals surface area contributed by atoms with Gasteiger partial charge in [0, 0.05) is 24.6 Å². The molecule has 25 heavy (non-hydrogen) atoms. The molecule has 0 bridgehead atoms. The van der Waals surface area contributed by atoms with Gasteiger partial charge in [0.2, 0.25) is 5.91 Å². The van der Waals surface area contributed by atoms with Gasteiger partial charge in [0.15, 0.2) is 5.13 Å². The number of nitrogens with one attached hydrogen (secondary N) is 1. The van der Waals surface area contributed by atoms with Gasteiger partial charge < -0.3 is 25.3 Å². The third kappa shape index (κ3) is 5.57. The summed E-state index contributed by atoms with van der Waals surface area (Å²) in [6.45, 7) is 0.286. The number of ether oxygens (including phenoxy) is 3. The molecule has 1 aromatic heterocycles. The minimum absolute atomic E-state index is 0. The van der Waals surface area contributed by atoms with E-state index >= 15 is 0 Å². The number of hydrogen-bond donors (Lipinski definition) is 2. The Kier molecular flexibility index (Phi) is 8.64. The molecule has 2 rings (SSSR count). The number of halogens is 1. The number of rotatable bonds is 8. The van der Waals surface area contributed by atoms with Crippen molar-refractivity contribution in [3.8, 4) is 22.8 Å². The molecule has 1 amide bonds. The predicted octanol–water partition coefficient (Wildman–Crippen LogP) is 2.55. The fourth-order valence-electron chi connectivity index (χ4n) is 2.11. The lowest BCUT2D eigenvalue weighted by Gasteiger charge is -2.11. The van der Waals surface area contributed by atoms with Gasteiger partial charge in [-0.15, -0.1) is 23.7 Å². The summed E-state index contributed by atoms with van der Waals surface area (Å²) < 4.78 is 15.7. The Hall–Kier alpha value is -1.87. The molecule has 138 valence electrons. The zero-order chi connectivity index (χ0) is 17.5. The van der Waals surface area contributed by atoms with E-state index in [1.165, 1.54) is 18.4 Å². The molecule has 0 radical (unpaired) electrons. The van der Waals surface area contributed by atoms with Gasteiger partial charge in [-0.3, -0.25) is 4.79 Å². The van der Waals surface area contributed by atoms with Crippen molar-refractivity contribution in [1.29, 1.82) is 0 Å². The molecule has 1 atom stereocenters. The van der Waals surface area contributed by atoms with Gasteiger partial charge in [-0.25, -0.2) is 4.98 Å². The van der Waals surface area contributed by atoms with E-state index in [0.717, 1.165) is 5.56 Å². The monoisotopic (exact) mass is 387 g/mol. The first kappa shape index (κ1) is 21.2. The molecule has 0 aliphatic heterocycles. The van der Waals surface area contributed by atoms with E-state index < -0.39 is 0 Å². The Morgan fingerprint density at radius 1 is 1.32 bits per heavy atom. The average molecular weight is 388 g/mol. The zero-order valence-corrected chi connectivity index (χ0v) is 15.9. The topological polar surface area (TPSA) is 95.7 Å². The molecule has 0 saturated carbocycles. The summed E-state index contributed by atoms with van der Waals surface area (Å²) in [5, 5.41) is 5.12. The first-order valence-electron chi connectivity index (χ1n) is 7.31. The number of aromatic nitrogens is 1. The third-order valence-electron chi connectivity index (χ3n) is 3.44. The number of nitrogens with zero attached hydrogens (tertiary/aromatic N) is 1. The predicted molar refractivity (Wildman–Crippen MR) is 101 cm³/mol. The van der Waals surface area contributed by atoms with E-state index in [1.807, 2.05) is 23.6 Å². The summed E-state index contributed by atoms with van der Waals surface area (Å²) in [5.41, 5.74) is 7.02. The number of carbonyl (C=O) groups excluding carboxylic acids is 1. The van der Waals surface area contributed by atoms with E-state index in [2.05, 4.69) is 10.3 Å². The van der Waals surface area contributed by atoms with Crippen LogP contribution in [0.5, 0.6) is 11.5 Å². The maximum absolute atomic E-state index is 12.0. The molecule has 1 unspecified atom stereocenters. The molecule has 0 aliphatic carbocycles. The summed E-state index contributed by atoms with van der Waals surface area (Å²) in [4.78, 5) is 16.4. The smallest absolute Gasteiger partial charge is 0.228 e. The summed E-state index contributed by atoms with van der Waals surface area (Å²) in [7, 11) is 4.72. The van der Waals surface area contributed by atoms with Crippen LogP contribution in [-0.4, -0.2) is 44.9 Å². The minimum atomic E-state index is -0.303. The lowest BCUT2D eigenvalue weighted by atomic mass is 10.1. The van der Waals surface area contributed by atoms with E-state index in [0.29, 0.717) is 22.3 Å². The van der Waals surface area contributed by atoms with Crippen molar-refractivity contribution < 1.29 is 19.0 Å². The number of amides is 1. The molecule has 0 saturated heterocycles. The lowest BCUT2D eigenvalue weighted by molar-refractivity contribution is -0.118. The number of benzene rings is 1. The van der Waals surface area contributed by atoms with E-state index in [-0.39, 0.29) is 37.4 Å². The average Bonchev–Trinajstić information content (AvgIpc) is 3.07. The second kappa shape index (κ2) is 10.2. The second-order valence-corrected chi connectivity index (χ2v) is 5.81. The quantitative estimate of drug-likeness (QED) is 0.722. The number of hydrogen-bond acceptors (Lipinski definition) is 7. The SMILES string of the molecule is COc1ccc(OC)c(-c2csc(NC(=O)CC(CN)OC)n2)c1.Cl. The Bertz CT molecular complexity index is 692. The minimum Gasteiger partial charge on any atom is -0.497 e. The van der Waals surface area contributed by atoms with Crippen LogP contribution in [0.15, 0.2) is 23.6 Å². The number of carbonyl (C=O) groups is 1. The molecule has 1 heterocycles. The molecule has 7 nitrogen and oxygen atoms in total. The van der Waals surface area contributed by atoms with Gasteiger partial charge in [-0.2, -0.15) is 0 Å². The Labute approximate surface area is 156 Å². The molecule has 0 aliphatic rings. The fourth-order valence-corrected chi connectivity index (χ4v) is 2.84. The highest BCUT2D eigenvalue weighted by Crippen LogP contribution is 2.35. The molecule has 9 heteroatoms. The molecule has 0 fully saturated rings. The van der Waals surface area contributed by atoms with Gasteiger partial charge in [-0.05, 0) is 18.2 Å². The van der Waals surface area contributed by atoms with Crippen molar-refractivity contribution in [2.75, 3.05) is 33.2 Å². The molecular weight excluding hydrogens is 366 g/mol. The molecular formula is C16H22ClN3O4S. The van der Waals surface area contributed by atoms with Crippen molar-refractivity contribution in [2.45, 2.75) is 12.5 Å². The highest BCUT2D eigenvalue weighted by atomic mass is 35.5. The van der Waals surface area contributed by atoms with Crippen molar-refractivity contribution in [3.63, 3.8) is 0 Å². The standard InChI is InChI=1S/C16H21N3O4S.ClH/c1-21-10-4-5-14(23-3)12(6-10)13-9-24-16(18-13)19-15(20)7-11(8-17)22-2;/h4-6,9,11H,7-8,17H2,1-3H3,(H,18,19,20);1H. The maximum atomic E-state index is 12.0. The third-order valence-corrected chi connectivity index (χ3v) is 4.20. The van der Waals surface area contributed by atoms with Crippen molar-refractivity contribution in [3.05, 3.63) is 23.6 Å². The van der Waals surface area contributed by atoms with Gasteiger partial charge >= 0.3 is 0 Å². The van der Waals surface area contributed by atoms with E-state index in [9.17, 15) is 4.79 Å². The fraction of sp³-hybridized carbons (Fsp3) is 0.375. The molecule has 2 aromatic rings. The Morgan fingerprint density at radius 2 is 2.08 bits per heavy atom. The van der Waals surface area contributed by atoms with Gasteiger partial charge in [0.25, 0.3) is 0 Å². The van der Waals surface area contributed by atoms with Gasteiger partial charge in [-0.1, -0.05) is 0 Å². The maximum Gasteiger partial charge on any atom is 0.228 e. The largest absolute Gasteiger partial charge is 0.497 e. The number of thiazole rings is 1. The Morgan fingerprint density at radius 3 is 2.68 bits per heavy atom. The highest BCUT2D eigenvalue weighted by molar-refractivity contribution is 7.14. The van der Waals surface area contributed by atoms with Crippen molar-refractivity contribution in [2.24, 2.45) is 5.73 Å². The normalized spacial score (nSPS) is 11.4. The van der Waals surface area contributed by atoms with E-state index in [4.69, 9.17) is 19.9 Å². The summed E-state index contributed by atoms with van der Waals surface area (Å²) in [5.74, 6) is 1.20. The van der Waals surface area contributed by atoms with Crippen molar-refractivity contribution in [1.82, 2.24) is 4.98 Å². The highest BCUT2D eigenvalue weighted by Gasteiger charge is 2.15. The first-order valence-corrected chi connectivity index (χ1v) is 8.19. The van der Waals surface area contributed by atoms with E-state index in [1.54, 1.807) is 14.2 Å². The Balaban J connectivity index is 0.00000312. The number of nitrogens with two attached hydrogens (primary N) is 1. The van der Waals surface area contributed by atoms with Gasteiger partial charge in [0.1, 0.15) is 11.5 Å². The van der Waals surface area contributed by atoms with Crippen LogP contribution in [0, 0.1) is 0 Å². The number of anilines is 1. The van der Waals surface area contributed by atoms with Crippen LogP contribution in [0.4, 0.5) is 5.13 Å². The summed E-state index contributed by atoms with van der Waals surface area (Å²) in [6, 6.07) is 5.47. The van der Waals surface area contributed by atoms with Crippen LogP contribution in [-0.2, 0) is 9.53 Å².